The van der Waals surface area contributed by atoms with E-state index in [0.29, 0.717) is 22.6 Å². The molecule has 0 atom stereocenters. The molecule has 1 aliphatic rings. The summed E-state index contributed by atoms with van der Waals surface area (Å²) in [5, 5.41) is 0. The predicted octanol–water partition coefficient (Wildman–Crippen LogP) is 2.69. The second-order valence-electron chi connectivity index (χ2n) is 6.93. The Labute approximate surface area is 177 Å². The quantitative estimate of drug-likeness (QED) is 0.283. The average molecular weight is 415 g/mol. The zero-order valence-electron chi connectivity index (χ0n) is 16.2. The Kier molecular flexibility index (Phi) is 4.96. The monoisotopic (exact) mass is 415 g/mol. The van der Waals surface area contributed by atoms with Crippen LogP contribution in [0.4, 0.5) is 17.1 Å². The molecule has 0 fully saturated rings. The molecule has 4 rings (SSSR count). The molecule has 0 spiro atoms. The van der Waals surface area contributed by atoms with Gasteiger partial charge in [-0.05, 0) is 48.5 Å². The van der Waals surface area contributed by atoms with Crippen molar-refractivity contribution in [2.45, 2.75) is 0 Å². The number of imide groups is 1. The van der Waals surface area contributed by atoms with Gasteiger partial charge in [0.2, 0.25) is 0 Å². The number of anilines is 3. The second-order valence-corrected chi connectivity index (χ2v) is 6.93. The molecule has 0 saturated carbocycles. The Balaban J connectivity index is 1.52. The highest BCUT2D eigenvalue weighted by molar-refractivity contribution is 6.34. The zero-order chi connectivity index (χ0) is 22.1. The molecular weight excluding hydrogens is 398 g/mol. The van der Waals surface area contributed by atoms with Gasteiger partial charge in [-0.15, -0.1) is 0 Å². The lowest BCUT2D eigenvalue weighted by Gasteiger charge is -2.14. The number of ether oxygens (including phenoxy) is 1. The predicted molar refractivity (Wildman–Crippen MR) is 114 cm³/mol. The fourth-order valence-electron chi connectivity index (χ4n) is 3.28. The second kappa shape index (κ2) is 7.75. The molecule has 0 aromatic heterocycles. The zero-order valence-corrected chi connectivity index (χ0v) is 16.2. The molecule has 3 aromatic carbocycles. The van der Waals surface area contributed by atoms with Crippen LogP contribution in [-0.2, 0) is 4.74 Å². The van der Waals surface area contributed by atoms with Crippen molar-refractivity contribution in [2.75, 3.05) is 23.0 Å². The van der Waals surface area contributed by atoms with E-state index in [1.165, 1.54) is 30.3 Å². The molecule has 0 saturated heterocycles. The van der Waals surface area contributed by atoms with E-state index in [4.69, 9.17) is 16.2 Å². The van der Waals surface area contributed by atoms with Crippen LogP contribution in [0, 0.1) is 0 Å². The number of amides is 2. The number of hydrogen-bond donors (Lipinski definition) is 2. The van der Waals surface area contributed by atoms with Crippen LogP contribution in [0.3, 0.4) is 0 Å². The maximum Gasteiger partial charge on any atom is 0.338 e. The Morgan fingerprint density at radius 3 is 2.16 bits per heavy atom. The Morgan fingerprint density at radius 2 is 1.45 bits per heavy atom. The molecule has 8 heteroatoms. The molecule has 1 aliphatic heterocycles. The molecule has 3 aromatic rings. The minimum absolute atomic E-state index is 0.0506. The third kappa shape index (κ3) is 3.74. The van der Waals surface area contributed by atoms with Gasteiger partial charge in [-0.3, -0.25) is 14.4 Å². The van der Waals surface area contributed by atoms with E-state index in [0.717, 1.165) is 4.90 Å². The fourth-order valence-corrected chi connectivity index (χ4v) is 3.28. The van der Waals surface area contributed by atoms with Crippen LogP contribution in [0.2, 0.25) is 0 Å². The summed E-state index contributed by atoms with van der Waals surface area (Å²) in [6.07, 6.45) is 0. The molecule has 31 heavy (non-hydrogen) atoms. The van der Waals surface area contributed by atoms with Gasteiger partial charge < -0.3 is 16.2 Å². The molecule has 0 bridgehead atoms. The topological polar surface area (TPSA) is 133 Å². The number of hydrogen-bond acceptors (Lipinski definition) is 7. The van der Waals surface area contributed by atoms with Crippen LogP contribution in [0.25, 0.3) is 0 Å². The van der Waals surface area contributed by atoms with Crippen molar-refractivity contribution in [2.24, 2.45) is 0 Å². The van der Waals surface area contributed by atoms with Gasteiger partial charge in [-0.25, -0.2) is 9.69 Å². The smallest absolute Gasteiger partial charge is 0.338 e. The maximum absolute atomic E-state index is 12.8. The van der Waals surface area contributed by atoms with E-state index >= 15 is 0 Å². The van der Waals surface area contributed by atoms with E-state index in [9.17, 15) is 19.2 Å². The Morgan fingerprint density at radius 1 is 0.774 bits per heavy atom. The molecule has 2 amide bonds. The summed E-state index contributed by atoms with van der Waals surface area (Å²) < 4.78 is 5.08. The third-order valence-corrected chi connectivity index (χ3v) is 4.79. The largest absolute Gasteiger partial charge is 0.454 e. The summed E-state index contributed by atoms with van der Waals surface area (Å²) >= 11 is 0. The molecule has 8 nitrogen and oxygen atoms in total. The first-order chi connectivity index (χ1) is 14.8. The van der Waals surface area contributed by atoms with Crippen molar-refractivity contribution in [1.82, 2.24) is 0 Å². The number of carbonyl (C=O) groups is 4. The van der Waals surface area contributed by atoms with Crippen LogP contribution in [0.15, 0.2) is 66.7 Å². The lowest BCUT2D eigenvalue weighted by Crippen LogP contribution is -2.29. The van der Waals surface area contributed by atoms with Gasteiger partial charge in [0.05, 0.1) is 22.4 Å². The first kappa shape index (κ1) is 19.8. The molecule has 0 aliphatic carbocycles. The summed E-state index contributed by atoms with van der Waals surface area (Å²) in [5.74, 6) is -2.29. The Bertz CT molecular complexity index is 1250. The fraction of sp³-hybridized carbons (Fsp3) is 0.0435. The number of Topliss-reactive ketones (excluding diaryl/α,β-unsaturated/α-hetero) is 1. The molecule has 154 valence electrons. The van der Waals surface area contributed by atoms with Gasteiger partial charge in [0, 0.05) is 16.9 Å². The standard InChI is InChI=1S/C23H17N3O5/c24-15-4-1-3-13(9-15)20(27)12-31-23(30)14-7-8-18-19(10-14)22(29)26(21(18)28)17-6-2-5-16(25)11-17/h1-11H,12,24-25H2. The van der Waals surface area contributed by atoms with Crippen LogP contribution >= 0.6 is 0 Å². The molecular formula is C23H17N3O5. The number of nitrogens with zero attached hydrogens (tertiary/aromatic N) is 1. The van der Waals surface area contributed by atoms with Crippen LogP contribution < -0.4 is 16.4 Å². The summed E-state index contributed by atoms with van der Waals surface area (Å²) in [5.41, 5.74) is 13.2. The number of ketones is 1. The van der Waals surface area contributed by atoms with Gasteiger partial charge in [0.15, 0.2) is 12.4 Å². The molecule has 0 radical (unpaired) electrons. The highest BCUT2D eigenvalue weighted by Gasteiger charge is 2.37. The normalized spacial score (nSPS) is 12.6. The SMILES string of the molecule is Nc1cccc(C(=O)COC(=O)c2ccc3c(c2)C(=O)N(c2cccc(N)c2)C3=O)c1. The van der Waals surface area contributed by atoms with Crippen LogP contribution in [0.1, 0.15) is 41.4 Å². The number of nitrogen functional groups attached to an aromatic ring is 2. The van der Waals surface area contributed by atoms with E-state index in [2.05, 4.69) is 0 Å². The van der Waals surface area contributed by atoms with Gasteiger partial charge >= 0.3 is 5.97 Å². The van der Waals surface area contributed by atoms with Crippen LogP contribution in [-0.4, -0.2) is 30.2 Å². The van der Waals surface area contributed by atoms with E-state index in [1.807, 2.05) is 0 Å². The summed E-state index contributed by atoms with van der Waals surface area (Å²) in [7, 11) is 0. The lowest BCUT2D eigenvalue weighted by atomic mass is 10.1. The average Bonchev–Trinajstić information content (AvgIpc) is 3.01. The van der Waals surface area contributed by atoms with Gasteiger partial charge in [0.25, 0.3) is 11.8 Å². The Hall–Kier alpha value is -4.46. The number of fused-ring (bicyclic) bond motifs is 1. The van der Waals surface area contributed by atoms with Crippen LogP contribution in [0.5, 0.6) is 0 Å². The first-order valence-corrected chi connectivity index (χ1v) is 9.29. The summed E-state index contributed by atoms with van der Waals surface area (Å²) in [4.78, 5) is 51.1. The van der Waals surface area contributed by atoms with Crippen molar-refractivity contribution in [1.29, 1.82) is 0 Å². The van der Waals surface area contributed by atoms with E-state index < -0.39 is 30.2 Å². The van der Waals surface area contributed by atoms with Crippen molar-refractivity contribution in [3.8, 4) is 0 Å². The van der Waals surface area contributed by atoms with Gasteiger partial charge in [0.1, 0.15) is 0 Å². The van der Waals surface area contributed by atoms with Crippen molar-refractivity contribution in [3.63, 3.8) is 0 Å². The first-order valence-electron chi connectivity index (χ1n) is 9.29. The number of esters is 1. The maximum atomic E-state index is 12.8. The number of rotatable bonds is 5. The molecule has 4 N–H and O–H groups in total. The molecule has 0 unspecified atom stereocenters. The van der Waals surface area contributed by atoms with E-state index in [-0.39, 0.29) is 16.7 Å². The lowest BCUT2D eigenvalue weighted by molar-refractivity contribution is 0.0474. The van der Waals surface area contributed by atoms with E-state index in [1.54, 1.807) is 36.4 Å². The third-order valence-electron chi connectivity index (χ3n) is 4.79. The van der Waals surface area contributed by atoms with Gasteiger partial charge in [-0.2, -0.15) is 0 Å². The van der Waals surface area contributed by atoms with Crippen molar-refractivity contribution in [3.05, 3.63) is 89.0 Å². The minimum Gasteiger partial charge on any atom is -0.454 e. The number of nitrogens with two attached hydrogens (primary N) is 2. The number of carbonyl (C=O) groups excluding carboxylic acids is 4. The summed E-state index contributed by atoms with van der Waals surface area (Å²) in [6.45, 7) is -0.484. The highest BCUT2D eigenvalue weighted by atomic mass is 16.5. The van der Waals surface area contributed by atoms with Crippen molar-refractivity contribution >= 4 is 40.6 Å². The number of benzene rings is 3. The molecule has 1 heterocycles. The van der Waals surface area contributed by atoms with Gasteiger partial charge in [-0.1, -0.05) is 18.2 Å². The minimum atomic E-state index is -0.789. The van der Waals surface area contributed by atoms with Crippen molar-refractivity contribution < 1.29 is 23.9 Å². The summed E-state index contributed by atoms with van der Waals surface area (Å²) in [6, 6.07) is 16.7. The highest BCUT2D eigenvalue weighted by Crippen LogP contribution is 2.30.